The Bertz CT molecular complexity index is 4670. The summed E-state index contributed by atoms with van der Waals surface area (Å²) in [5.41, 5.74) is -2.62. The molecule has 8 aromatic rings. The maximum absolute atomic E-state index is 15.2. The van der Waals surface area contributed by atoms with Crippen molar-refractivity contribution in [3.05, 3.63) is 112 Å². The van der Waals surface area contributed by atoms with Crippen LogP contribution in [0.3, 0.4) is 0 Å². The molecule has 7 aromatic heterocycles. The molecule has 0 radical (unpaired) electrons. The summed E-state index contributed by atoms with van der Waals surface area (Å²) in [6.45, 7) is 6.67. The smallest absolute Gasteiger partial charge is 0.358 e. The van der Waals surface area contributed by atoms with Crippen LogP contribution in [0.15, 0.2) is 56.9 Å². The molecule has 103 heavy (non-hydrogen) atoms. The van der Waals surface area contributed by atoms with Gasteiger partial charge in [-0.1, -0.05) is 12.1 Å². The van der Waals surface area contributed by atoms with Gasteiger partial charge in [-0.2, -0.15) is 4.73 Å². The summed E-state index contributed by atoms with van der Waals surface area (Å²) in [6, 6.07) is -0.266. The van der Waals surface area contributed by atoms with E-state index in [1.165, 1.54) is 66.9 Å². The first-order valence-electron chi connectivity index (χ1n) is 32.0. The van der Waals surface area contributed by atoms with Crippen molar-refractivity contribution in [2.75, 3.05) is 55.0 Å². The van der Waals surface area contributed by atoms with Gasteiger partial charge >= 0.3 is 11.9 Å². The molecule has 0 spiro atoms. The number of carbonyl (C=O) groups is 8. The number of fused-ring (bicyclic) bond motifs is 15. The molecule has 33 nitrogen and oxygen atoms in total. The summed E-state index contributed by atoms with van der Waals surface area (Å²) in [6.07, 6.45) is -7.55. The van der Waals surface area contributed by atoms with Gasteiger partial charge in [-0.3, -0.25) is 28.8 Å². The number of aliphatic hydroxyl groups is 2. The number of esters is 2. The van der Waals surface area contributed by atoms with E-state index >= 15 is 19.2 Å². The van der Waals surface area contributed by atoms with Crippen molar-refractivity contribution in [3.63, 3.8) is 0 Å². The third-order valence-electron chi connectivity index (χ3n) is 17.4. The predicted octanol–water partition coefficient (Wildman–Crippen LogP) is 3.96. The molecule has 544 valence electrons. The van der Waals surface area contributed by atoms with Crippen molar-refractivity contribution in [2.45, 2.75) is 121 Å². The van der Waals surface area contributed by atoms with Crippen LogP contribution in [0.1, 0.15) is 132 Å². The number of allylic oxidation sites excluding steroid dienone is 1. The lowest BCUT2D eigenvalue weighted by molar-refractivity contribution is -0.280. The van der Waals surface area contributed by atoms with Crippen molar-refractivity contribution in [1.29, 1.82) is 0 Å². The molecule has 10 N–H and O–H groups in total. The van der Waals surface area contributed by atoms with E-state index < -0.39 is 145 Å². The zero-order valence-corrected chi connectivity index (χ0v) is 60.9. The van der Waals surface area contributed by atoms with Crippen LogP contribution in [-0.4, -0.2) is 222 Å². The predicted molar refractivity (Wildman–Crippen MR) is 373 cm³/mol. The summed E-state index contributed by atoms with van der Waals surface area (Å²) in [5, 5.41) is 71.1. The van der Waals surface area contributed by atoms with E-state index in [0.717, 1.165) is 56.7 Å². The summed E-state index contributed by atoms with van der Waals surface area (Å²) < 4.78 is 38.3. The number of benzene rings is 1. The third kappa shape index (κ3) is 15.2. The van der Waals surface area contributed by atoms with Gasteiger partial charge in [0, 0.05) is 62.9 Å². The topological polar surface area (TPSA) is 434 Å². The van der Waals surface area contributed by atoms with Gasteiger partial charge in [-0.15, -0.1) is 56.7 Å². The lowest BCUT2D eigenvalue weighted by atomic mass is 9.85. The van der Waals surface area contributed by atoms with Crippen LogP contribution in [0.4, 0.5) is 0 Å². The maximum Gasteiger partial charge on any atom is 0.358 e. The fraction of sp³-hybridized carbons (Fsp3) is 0.415. The number of ether oxygens (including phenoxy) is 6. The van der Waals surface area contributed by atoms with Crippen LogP contribution in [0.2, 0.25) is 0 Å². The number of aromatic hydroxyl groups is 1. The third-order valence-corrected chi connectivity index (χ3v) is 21.8. The minimum atomic E-state index is -1.92. The Morgan fingerprint density at radius 2 is 1.50 bits per heavy atom. The molecule has 6 amide bonds. The van der Waals surface area contributed by atoms with Crippen LogP contribution >= 0.6 is 56.7 Å². The Kier molecular flexibility index (Phi) is 21.5. The normalized spacial score (nSPS) is 23.8. The molecule has 12 rings (SSSR count). The van der Waals surface area contributed by atoms with E-state index in [-0.39, 0.29) is 105 Å². The second kappa shape index (κ2) is 30.2. The Morgan fingerprint density at radius 3 is 2.21 bits per heavy atom. The molecule has 1 fully saturated rings. The average Bonchev–Trinajstić information content (AvgIpc) is 1.65. The highest BCUT2D eigenvalue weighted by atomic mass is 32.1. The van der Waals surface area contributed by atoms with E-state index in [4.69, 9.17) is 43.4 Å². The number of pyridine rings is 1. The summed E-state index contributed by atoms with van der Waals surface area (Å²) >= 11 is 4.56. The summed E-state index contributed by atoms with van der Waals surface area (Å²) in [7, 11) is 8.55. The maximum atomic E-state index is 15.2. The van der Waals surface area contributed by atoms with Gasteiger partial charge in [-0.25, -0.2) is 39.5 Å². The number of cyclic esters (lactones) is 2. The molecule has 1 saturated heterocycles. The molecule has 11 heterocycles. The average molecular weight is 1510 g/mol. The van der Waals surface area contributed by atoms with Crippen LogP contribution < -0.4 is 31.9 Å². The van der Waals surface area contributed by atoms with Gasteiger partial charge in [-0.05, 0) is 80.5 Å². The first-order chi connectivity index (χ1) is 49.1. The molecule has 0 saturated carbocycles. The molecule has 4 aliphatic rings. The minimum Gasteiger partial charge on any atom is -0.506 e. The molecule has 12 bridgehead atoms. The second-order valence-corrected chi connectivity index (χ2v) is 29.7. The largest absolute Gasteiger partial charge is 0.506 e. The van der Waals surface area contributed by atoms with Gasteiger partial charge in [0.25, 0.3) is 23.6 Å². The van der Waals surface area contributed by atoms with Gasteiger partial charge in [0.1, 0.15) is 126 Å². The van der Waals surface area contributed by atoms with E-state index in [1.807, 2.05) is 19.0 Å². The second-order valence-electron chi connectivity index (χ2n) is 25.3. The standard InChI is InChI=1S/C65H71N15O18S5/c1-26(52(83)66-14-15-78(6)7)67-53(84)35-23-102-61(72-35)46-40(82)16-31-45(74-46)34-21-100-59(69-34)33-20-96-63(89)48-32-19-94-49(50(98-41-17-65(5,91)51(79(8)9)29(4)97-41)64(90)95-18-30-12-11-13-39(42(30)32)80(48)92)47(62-73-36(24-103-62)54(85)68-33)77-56(87)38-25-101-60(71-38)44(28(3)93-10)76-57(88)43(27(2)81)75-55(86)37-22-99-58(31)70-37/h11-13,16,21-27,29,33,41,43,47,49-51,81-82,91-92H,14-15,17-20H2,1-10H3,(H,66,83)(H,67,84)(H,68,85)(H,75,86)(H,76,88)(H,77,87)/b44-28+/t26-,27+,29-,33-,41-,43-,47-,49-,50-,51+,65-/m0/s1. The quantitative estimate of drug-likeness (QED) is 0.0470. The number of carbonyl (C=O) groups excluding carboxylic acids is 8. The highest BCUT2D eigenvalue weighted by Gasteiger charge is 2.50. The molecule has 0 aliphatic carbocycles. The number of thiazole rings is 5. The molecule has 0 unspecified atom stereocenters. The van der Waals surface area contributed by atoms with Gasteiger partial charge in [0.15, 0.2) is 18.1 Å². The van der Waals surface area contributed by atoms with Crippen LogP contribution in [-0.2, 0) is 56.0 Å². The molecular weight excluding hydrogens is 1440 g/mol. The number of methoxy groups -OCH3 is 1. The van der Waals surface area contributed by atoms with Gasteiger partial charge < -0.3 is 90.6 Å². The van der Waals surface area contributed by atoms with E-state index in [0.29, 0.717) is 23.4 Å². The fourth-order valence-corrected chi connectivity index (χ4v) is 16.5. The minimum absolute atomic E-state index is 0.00558. The van der Waals surface area contributed by atoms with E-state index in [2.05, 4.69) is 46.9 Å². The fourth-order valence-electron chi connectivity index (χ4n) is 12.4. The number of hydrogen-bond acceptors (Lipinski definition) is 31. The Balaban J connectivity index is 1.01. The van der Waals surface area contributed by atoms with Crippen molar-refractivity contribution in [2.24, 2.45) is 0 Å². The highest BCUT2D eigenvalue weighted by Crippen LogP contribution is 2.43. The molecule has 4 aliphatic heterocycles. The molecule has 1 aromatic carbocycles. The SMILES string of the molecule is CO/C(C)=C1/NC(=O)[C@H]([C@@H](C)O)NC(=O)c2csc(n2)-c2cc(O)c(-c3nc(C(=O)N[C@@H](C)C(=O)NCCN(C)C)cs3)nc2-c2csc(n2)[C@@H]2COC(=O)c3c4c5c(cccc5n3O)COC(=O)[C@@H](O[C@H]3C[C@](C)(O)[C@H](N(C)C)[C@H](C)O3)[C@@H](OC4)[C@H](NC(=O)c3csc1n3)c1nc(cs1)C(=O)N2. The number of nitrogens with one attached hydrogen (secondary N) is 6. The number of aromatic nitrogens is 7. The number of likely N-dealkylation sites (N-methyl/N-ethyl adjacent to an activating group) is 2. The monoisotopic (exact) mass is 1510 g/mol. The molecule has 11 atom stereocenters. The first kappa shape index (κ1) is 73.4. The number of rotatable bonds is 12. The van der Waals surface area contributed by atoms with Crippen molar-refractivity contribution < 1.29 is 87.3 Å². The van der Waals surface area contributed by atoms with Crippen LogP contribution in [0, 0.1) is 0 Å². The first-order valence-corrected chi connectivity index (χ1v) is 36.4. The highest BCUT2D eigenvalue weighted by molar-refractivity contribution is 7.14. The summed E-state index contributed by atoms with van der Waals surface area (Å²) in [4.78, 5) is 148. The van der Waals surface area contributed by atoms with Crippen molar-refractivity contribution >= 4 is 121 Å². The van der Waals surface area contributed by atoms with Gasteiger partial charge in [0.05, 0.1) is 43.1 Å². The molecular formula is C65H71N15O18S5. The number of hydrogen-bond donors (Lipinski definition) is 10. The Labute approximate surface area is 606 Å². The Morgan fingerprint density at radius 1 is 0.825 bits per heavy atom. The van der Waals surface area contributed by atoms with Crippen LogP contribution in [0.5, 0.6) is 5.75 Å². The lowest BCUT2D eigenvalue weighted by Gasteiger charge is -2.48. The lowest BCUT2D eigenvalue weighted by Crippen LogP contribution is -2.62. The van der Waals surface area contributed by atoms with Gasteiger partial charge in [0.2, 0.25) is 11.8 Å². The summed E-state index contributed by atoms with van der Waals surface area (Å²) in [5.74, 6) is -7.48. The zero-order chi connectivity index (χ0) is 73.6. The van der Waals surface area contributed by atoms with Crippen molar-refractivity contribution in [3.8, 4) is 38.4 Å². The zero-order valence-electron chi connectivity index (χ0n) is 56.8. The van der Waals surface area contributed by atoms with E-state index in [1.54, 1.807) is 45.0 Å². The van der Waals surface area contributed by atoms with E-state index in [9.17, 15) is 39.7 Å². The number of aliphatic hydroxyl groups excluding tert-OH is 1. The van der Waals surface area contributed by atoms with Crippen molar-refractivity contribution in [1.82, 2.24) is 76.3 Å². The molecule has 38 heteroatoms. The number of nitrogens with zero attached hydrogens (tertiary/aromatic N) is 9. The Hall–Kier alpha value is -9.32. The van der Waals surface area contributed by atoms with Crippen LogP contribution in [0.25, 0.3) is 49.3 Å². The number of amides is 6.